The molecule has 192 valence electrons. The van der Waals surface area contributed by atoms with Crippen LogP contribution >= 0.6 is 11.3 Å². The number of amides is 1. The molecule has 0 bridgehead atoms. The third-order valence-electron chi connectivity index (χ3n) is 6.73. The van der Waals surface area contributed by atoms with E-state index >= 15 is 0 Å². The lowest BCUT2D eigenvalue weighted by atomic mass is 9.81. The molecule has 0 unspecified atom stereocenters. The fourth-order valence-corrected chi connectivity index (χ4v) is 5.56. The molecule has 2 atom stereocenters. The lowest BCUT2D eigenvalue weighted by molar-refractivity contribution is -0.150. The van der Waals surface area contributed by atoms with Gasteiger partial charge in [-0.25, -0.2) is 4.98 Å². The molecule has 35 heavy (non-hydrogen) atoms. The number of methoxy groups -OCH3 is 2. The highest BCUT2D eigenvalue weighted by Crippen LogP contribution is 2.40. The van der Waals surface area contributed by atoms with Crippen LogP contribution in [0.2, 0.25) is 0 Å². The van der Waals surface area contributed by atoms with Gasteiger partial charge in [0.1, 0.15) is 23.0 Å². The number of aromatic nitrogens is 1. The number of hydrogen-bond acceptors (Lipinski definition) is 8. The fourth-order valence-electron chi connectivity index (χ4n) is 4.73. The van der Waals surface area contributed by atoms with Crippen molar-refractivity contribution < 1.29 is 24.1 Å². The number of hydrogen-bond donors (Lipinski definition) is 2. The van der Waals surface area contributed by atoms with E-state index in [-0.39, 0.29) is 11.9 Å². The van der Waals surface area contributed by atoms with Crippen molar-refractivity contribution in [2.45, 2.75) is 50.3 Å². The Kier molecular flexibility index (Phi) is 9.13. The molecule has 2 aliphatic rings. The molecule has 4 rings (SSSR count). The van der Waals surface area contributed by atoms with E-state index in [4.69, 9.17) is 14.2 Å². The predicted molar refractivity (Wildman–Crippen MR) is 135 cm³/mol. The van der Waals surface area contributed by atoms with Gasteiger partial charge in [-0.15, -0.1) is 11.3 Å². The molecule has 1 amide bonds. The van der Waals surface area contributed by atoms with Crippen LogP contribution in [-0.2, 0) is 32.8 Å². The minimum Gasteiger partial charge on any atom is -0.491 e. The number of ether oxygens (including phenoxy) is 3. The van der Waals surface area contributed by atoms with Crippen molar-refractivity contribution in [1.82, 2.24) is 15.2 Å². The Morgan fingerprint density at radius 1 is 1.20 bits per heavy atom. The standard InChI is InChI=1S/C26H37N3O5S/c1-32-10-3-4-19-14-20(16-22(15-19)34-12-11-33-2)18-29(21-5-6-21)24(30)23-17-27-8-7-26(23,31)25-28-9-13-35-25/h9,13-16,21,23,27,31H,3-8,10-12,17-18H2,1-2H3/t23-,26-/m1/s1. The fraction of sp³-hybridized carbons (Fsp3) is 0.615. The number of carbonyl (C=O) groups excluding carboxylic acids is 1. The second-order valence-corrected chi connectivity index (χ2v) is 10.3. The number of nitrogens with zero attached hydrogens (tertiary/aromatic N) is 2. The van der Waals surface area contributed by atoms with Crippen LogP contribution in [-0.4, -0.2) is 74.1 Å². The predicted octanol–water partition coefficient (Wildman–Crippen LogP) is 2.74. The molecule has 1 saturated carbocycles. The van der Waals surface area contributed by atoms with Crippen LogP contribution in [0, 0.1) is 5.92 Å². The van der Waals surface area contributed by atoms with Gasteiger partial charge in [-0.1, -0.05) is 6.07 Å². The lowest BCUT2D eigenvalue weighted by Gasteiger charge is -2.40. The quantitative estimate of drug-likeness (QED) is 0.406. The molecular formula is C26H37N3O5S. The Labute approximate surface area is 211 Å². The Morgan fingerprint density at radius 3 is 2.71 bits per heavy atom. The van der Waals surface area contributed by atoms with Crippen LogP contribution in [0.15, 0.2) is 29.8 Å². The first kappa shape index (κ1) is 26.0. The van der Waals surface area contributed by atoms with Crippen LogP contribution in [0.5, 0.6) is 5.75 Å². The molecule has 8 nitrogen and oxygen atoms in total. The molecule has 2 aromatic rings. The maximum Gasteiger partial charge on any atom is 0.230 e. The van der Waals surface area contributed by atoms with E-state index in [2.05, 4.69) is 22.4 Å². The van der Waals surface area contributed by atoms with Crippen LogP contribution in [0.3, 0.4) is 0 Å². The van der Waals surface area contributed by atoms with Gasteiger partial charge in [0.25, 0.3) is 0 Å². The molecule has 1 aromatic heterocycles. The summed E-state index contributed by atoms with van der Waals surface area (Å²) in [7, 11) is 3.37. The maximum atomic E-state index is 13.9. The summed E-state index contributed by atoms with van der Waals surface area (Å²) in [6, 6.07) is 6.45. The van der Waals surface area contributed by atoms with Gasteiger partial charge in [-0.3, -0.25) is 4.79 Å². The first-order valence-corrected chi connectivity index (χ1v) is 13.3. The average molecular weight is 504 g/mol. The summed E-state index contributed by atoms with van der Waals surface area (Å²) >= 11 is 1.42. The smallest absolute Gasteiger partial charge is 0.230 e. The van der Waals surface area contributed by atoms with E-state index in [9.17, 15) is 9.90 Å². The average Bonchev–Trinajstić information content (AvgIpc) is 3.54. The molecule has 0 spiro atoms. The van der Waals surface area contributed by atoms with Gasteiger partial charge < -0.3 is 29.5 Å². The number of aryl methyl sites for hydroxylation is 1. The monoisotopic (exact) mass is 503 g/mol. The number of rotatable bonds is 13. The third kappa shape index (κ3) is 6.59. The number of nitrogens with one attached hydrogen (secondary N) is 1. The maximum absolute atomic E-state index is 13.9. The van der Waals surface area contributed by atoms with Crippen molar-refractivity contribution in [2.24, 2.45) is 5.92 Å². The number of benzene rings is 1. The van der Waals surface area contributed by atoms with E-state index < -0.39 is 11.5 Å². The number of aliphatic hydroxyl groups is 1. The molecule has 1 aromatic carbocycles. The zero-order valence-electron chi connectivity index (χ0n) is 20.7. The number of thiazole rings is 1. The van der Waals surface area contributed by atoms with Gasteiger partial charge in [-0.05, 0) is 61.9 Å². The Bertz CT molecular complexity index is 924. The minimum absolute atomic E-state index is 0.0102. The molecule has 2 N–H and O–H groups in total. The van der Waals surface area contributed by atoms with Crippen molar-refractivity contribution in [3.63, 3.8) is 0 Å². The van der Waals surface area contributed by atoms with Crippen molar-refractivity contribution >= 4 is 17.2 Å². The van der Waals surface area contributed by atoms with Crippen molar-refractivity contribution in [3.05, 3.63) is 45.9 Å². The van der Waals surface area contributed by atoms with Crippen LogP contribution < -0.4 is 10.1 Å². The summed E-state index contributed by atoms with van der Waals surface area (Å²) in [6.07, 6.45) is 5.94. The zero-order valence-corrected chi connectivity index (χ0v) is 21.5. The Morgan fingerprint density at radius 2 is 2.00 bits per heavy atom. The highest BCUT2D eigenvalue weighted by Gasteiger charge is 2.49. The molecule has 1 saturated heterocycles. The van der Waals surface area contributed by atoms with Gasteiger partial charge in [0, 0.05) is 51.5 Å². The van der Waals surface area contributed by atoms with Gasteiger partial charge in [0.15, 0.2) is 0 Å². The minimum atomic E-state index is -1.24. The number of carbonyl (C=O) groups is 1. The van der Waals surface area contributed by atoms with Gasteiger partial charge in [-0.2, -0.15) is 0 Å². The lowest BCUT2D eigenvalue weighted by Crippen LogP contribution is -2.55. The zero-order chi connectivity index (χ0) is 24.7. The number of piperidine rings is 1. The van der Waals surface area contributed by atoms with Crippen molar-refractivity contribution in [2.75, 3.05) is 47.1 Å². The highest BCUT2D eigenvalue weighted by molar-refractivity contribution is 7.09. The second-order valence-electron chi connectivity index (χ2n) is 9.39. The molecule has 1 aliphatic heterocycles. The van der Waals surface area contributed by atoms with Gasteiger partial charge in [0.05, 0.1) is 12.5 Å². The van der Waals surface area contributed by atoms with Gasteiger partial charge >= 0.3 is 0 Å². The van der Waals surface area contributed by atoms with E-state index in [1.807, 2.05) is 16.3 Å². The van der Waals surface area contributed by atoms with Crippen LogP contribution in [0.4, 0.5) is 0 Å². The van der Waals surface area contributed by atoms with Crippen molar-refractivity contribution in [3.8, 4) is 5.75 Å². The van der Waals surface area contributed by atoms with Crippen LogP contribution in [0.25, 0.3) is 0 Å². The summed E-state index contributed by atoms with van der Waals surface area (Å²) in [4.78, 5) is 20.3. The van der Waals surface area contributed by atoms with E-state index in [1.54, 1.807) is 20.4 Å². The van der Waals surface area contributed by atoms with E-state index in [1.165, 1.54) is 11.3 Å². The third-order valence-corrected chi connectivity index (χ3v) is 7.67. The highest BCUT2D eigenvalue weighted by atomic mass is 32.1. The molecule has 2 heterocycles. The Hall–Kier alpha value is -2.04. The topological polar surface area (TPSA) is 93.2 Å². The molecular weight excluding hydrogens is 466 g/mol. The molecule has 0 radical (unpaired) electrons. The first-order chi connectivity index (χ1) is 17.0. The Balaban J connectivity index is 1.55. The SMILES string of the molecule is COCCCc1cc(CN(C(=O)[C@H]2CNCC[C@]2(O)c2nccs2)C2CC2)cc(OCCOC)c1. The van der Waals surface area contributed by atoms with Crippen LogP contribution in [0.1, 0.15) is 41.8 Å². The molecule has 1 aliphatic carbocycles. The normalized spacial score (nSPS) is 22.2. The van der Waals surface area contributed by atoms with E-state index in [0.29, 0.717) is 50.9 Å². The summed E-state index contributed by atoms with van der Waals surface area (Å²) in [5, 5.41) is 17.4. The summed E-state index contributed by atoms with van der Waals surface area (Å²) in [5.74, 6) is 0.211. The first-order valence-electron chi connectivity index (χ1n) is 12.4. The second kappa shape index (κ2) is 12.3. The molecule has 2 fully saturated rings. The summed E-state index contributed by atoms with van der Waals surface area (Å²) in [5.41, 5.74) is 0.961. The van der Waals surface area contributed by atoms with Gasteiger partial charge in [0.2, 0.25) is 5.91 Å². The van der Waals surface area contributed by atoms with Crippen molar-refractivity contribution in [1.29, 1.82) is 0 Å². The van der Waals surface area contributed by atoms with E-state index in [0.717, 1.165) is 42.6 Å². The largest absolute Gasteiger partial charge is 0.491 e. The summed E-state index contributed by atoms with van der Waals surface area (Å²) < 4.78 is 16.3. The molecule has 9 heteroatoms. The summed E-state index contributed by atoms with van der Waals surface area (Å²) in [6.45, 7) is 3.28.